The van der Waals surface area contributed by atoms with Crippen molar-refractivity contribution < 1.29 is 19.1 Å². The molecule has 3 aromatic carbocycles. The summed E-state index contributed by atoms with van der Waals surface area (Å²) in [5.41, 5.74) is 3.88. The van der Waals surface area contributed by atoms with Gasteiger partial charge in [-0.05, 0) is 47.7 Å². The molecular formula is C37H44O4. The van der Waals surface area contributed by atoms with Crippen LogP contribution < -0.4 is 4.74 Å². The van der Waals surface area contributed by atoms with E-state index in [9.17, 15) is 9.59 Å². The molecule has 0 spiro atoms. The third-order valence-corrected chi connectivity index (χ3v) is 7.00. The van der Waals surface area contributed by atoms with Crippen LogP contribution in [0.4, 0.5) is 0 Å². The molecule has 4 nitrogen and oxygen atoms in total. The van der Waals surface area contributed by atoms with Crippen molar-refractivity contribution in [3.05, 3.63) is 114 Å². The molecule has 4 heteroatoms. The van der Waals surface area contributed by atoms with E-state index in [0.29, 0.717) is 24.3 Å². The van der Waals surface area contributed by atoms with Gasteiger partial charge in [-0.15, -0.1) is 0 Å². The van der Waals surface area contributed by atoms with Crippen LogP contribution in [0.5, 0.6) is 5.75 Å². The van der Waals surface area contributed by atoms with Gasteiger partial charge in [0.1, 0.15) is 5.75 Å². The molecule has 0 unspecified atom stereocenters. The Kier molecular flexibility index (Phi) is 15.0. The number of carbonyl (C=O) groups is 2. The van der Waals surface area contributed by atoms with E-state index in [-0.39, 0.29) is 11.8 Å². The van der Waals surface area contributed by atoms with Gasteiger partial charge >= 0.3 is 5.97 Å². The molecule has 0 radical (unpaired) electrons. The maximum Gasteiger partial charge on any atom is 0.311 e. The van der Waals surface area contributed by atoms with Crippen molar-refractivity contribution in [1.29, 1.82) is 0 Å². The van der Waals surface area contributed by atoms with E-state index in [1.165, 1.54) is 44.1 Å². The molecule has 0 aromatic heterocycles. The fourth-order valence-corrected chi connectivity index (χ4v) is 4.53. The molecule has 0 aliphatic heterocycles. The molecular weight excluding hydrogens is 508 g/mol. The standard InChI is InChI=1S/C37H44O4/c1-2-31-19-21-33(22-20-31)30-40-29-15-10-8-6-4-3-5-7-9-14-18-37(39)41-35-26-23-32(24-27-35)25-28-36(38)34-16-12-11-13-17-34/h2,11-13,16-17,19-28H,1,3-10,14-15,18,29-30H2. The topological polar surface area (TPSA) is 52.6 Å². The third kappa shape index (κ3) is 13.4. The zero-order valence-corrected chi connectivity index (χ0v) is 24.3. The number of hydrogen-bond acceptors (Lipinski definition) is 4. The van der Waals surface area contributed by atoms with Crippen LogP contribution in [0.3, 0.4) is 0 Å². The number of carbonyl (C=O) groups excluding carboxylic acids is 2. The van der Waals surface area contributed by atoms with Crippen LogP contribution in [0.2, 0.25) is 0 Å². The lowest BCUT2D eigenvalue weighted by Crippen LogP contribution is -2.07. The average molecular weight is 553 g/mol. The number of allylic oxidation sites excluding steroid dienone is 1. The van der Waals surface area contributed by atoms with Gasteiger partial charge < -0.3 is 9.47 Å². The number of ether oxygens (including phenoxy) is 2. The fraction of sp³-hybridized carbons (Fsp3) is 0.351. The Morgan fingerprint density at radius 2 is 1.24 bits per heavy atom. The number of rotatable bonds is 20. The van der Waals surface area contributed by atoms with Crippen LogP contribution in [-0.2, 0) is 16.1 Å². The molecule has 0 aliphatic carbocycles. The Balaban J connectivity index is 1.12. The molecule has 3 aromatic rings. The lowest BCUT2D eigenvalue weighted by atomic mass is 10.1. The van der Waals surface area contributed by atoms with Crippen molar-refractivity contribution >= 4 is 23.9 Å². The van der Waals surface area contributed by atoms with E-state index in [0.717, 1.165) is 43.4 Å². The minimum absolute atomic E-state index is 0.0410. The largest absolute Gasteiger partial charge is 0.427 e. The van der Waals surface area contributed by atoms with E-state index >= 15 is 0 Å². The Morgan fingerprint density at radius 1 is 0.659 bits per heavy atom. The van der Waals surface area contributed by atoms with Crippen molar-refractivity contribution in [1.82, 2.24) is 0 Å². The molecule has 0 amide bonds. The van der Waals surface area contributed by atoms with Gasteiger partial charge in [-0.2, -0.15) is 0 Å². The van der Waals surface area contributed by atoms with E-state index in [4.69, 9.17) is 9.47 Å². The zero-order valence-electron chi connectivity index (χ0n) is 24.3. The van der Waals surface area contributed by atoms with Crippen molar-refractivity contribution in [3.63, 3.8) is 0 Å². The molecule has 41 heavy (non-hydrogen) atoms. The molecule has 0 heterocycles. The molecule has 0 N–H and O–H groups in total. The van der Waals surface area contributed by atoms with E-state index < -0.39 is 0 Å². The lowest BCUT2D eigenvalue weighted by Gasteiger charge is -2.06. The van der Waals surface area contributed by atoms with Crippen LogP contribution in [0.1, 0.15) is 97.7 Å². The summed E-state index contributed by atoms with van der Waals surface area (Å²) in [4.78, 5) is 24.4. The highest BCUT2D eigenvalue weighted by Gasteiger charge is 2.05. The summed E-state index contributed by atoms with van der Waals surface area (Å²) in [5, 5.41) is 0. The summed E-state index contributed by atoms with van der Waals surface area (Å²) >= 11 is 0. The van der Waals surface area contributed by atoms with E-state index in [1.54, 1.807) is 36.4 Å². The number of benzene rings is 3. The van der Waals surface area contributed by atoms with Gasteiger partial charge in [0.05, 0.1) is 6.61 Å². The fourth-order valence-electron chi connectivity index (χ4n) is 4.53. The summed E-state index contributed by atoms with van der Waals surface area (Å²) in [7, 11) is 0. The first-order valence-corrected chi connectivity index (χ1v) is 15.0. The molecule has 0 saturated heterocycles. The van der Waals surface area contributed by atoms with Crippen LogP contribution >= 0.6 is 0 Å². The first-order valence-electron chi connectivity index (χ1n) is 15.0. The van der Waals surface area contributed by atoms with Gasteiger partial charge in [0.15, 0.2) is 5.78 Å². The molecule has 0 saturated carbocycles. The lowest BCUT2D eigenvalue weighted by molar-refractivity contribution is -0.134. The van der Waals surface area contributed by atoms with Crippen molar-refractivity contribution in [2.24, 2.45) is 0 Å². The number of ketones is 1. The number of esters is 1. The molecule has 0 atom stereocenters. The molecule has 0 aliphatic rings. The quantitative estimate of drug-likeness (QED) is 0.0460. The third-order valence-electron chi connectivity index (χ3n) is 7.00. The summed E-state index contributed by atoms with van der Waals surface area (Å²) in [6, 6.07) is 24.7. The van der Waals surface area contributed by atoms with Gasteiger partial charge in [0.2, 0.25) is 0 Å². The maximum atomic E-state index is 12.2. The summed E-state index contributed by atoms with van der Waals surface area (Å²) < 4.78 is 11.2. The predicted molar refractivity (Wildman–Crippen MR) is 169 cm³/mol. The Bertz CT molecular complexity index is 1190. The van der Waals surface area contributed by atoms with Crippen LogP contribution in [0, 0.1) is 0 Å². The normalized spacial score (nSPS) is 11.0. The zero-order chi connectivity index (χ0) is 29.0. The second kappa shape index (κ2) is 19.3. The van der Waals surface area contributed by atoms with Gasteiger partial charge in [-0.3, -0.25) is 9.59 Å². The Hall–Kier alpha value is -3.76. The first-order chi connectivity index (χ1) is 20.1. The number of hydrogen-bond donors (Lipinski definition) is 0. The van der Waals surface area contributed by atoms with Crippen LogP contribution in [0.15, 0.2) is 91.5 Å². The van der Waals surface area contributed by atoms with E-state index in [2.05, 4.69) is 30.8 Å². The molecule has 0 bridgehead atoms. The highest BCUT2D eigenvalue weighted by molar-refractivity contribution is 6.06. The first kappa shape index (κ1) is 31.8. The molecule has 3 rings (SSSR count). The second-order valence-electron chi connectivity index (χ2n) is 10.4. The van der Waals surface area contributed by atoms with Crippen molar-refractivity contribution in [2.45, 2.75) is 77.2 Å². The van der Waals surface area contributed by atoms with Gasteiger partial charge in [0, 0.05) is 18.6 Å². The van der Waals surface area contributed by atoms with Crippen LogP contribution in [0.25, 0.3) is 12.2 Å². The monoisotopic (exact) mass is 552 g/mol. The predicted octanol–water partition coefficient (Wildman–Crippen LogP) is 9.64. The van der Waals surface area contributed by atoms with Gasteiger partial charge in [0.25, 0.3) is 0 Å². The highest BCUT2D eigenvalue weighted by Crippen LogP contribution is 2.16. The molecule has 0 fully saturated rings. The highest BCUT2D eigenvalue weighted by atomic mass is 16.5. The smallest absolute Gasteiger partial charge is 0.311 e. The SMILES string of the molecule is C=Cc1ccc(COCCCCCCCCCCCCC(=O)Oc2ccc(C=CC(=O)c3ccccc3)cc2)cc1. The van der Waals surface area contributed by atoms with Crippen molar-refractivity contribution in [2.75, 3.05) is 6.61 Å². The minimum Gasteiger partial charge on any atom is -0.427 e. The number of unbranched alkanes of at least 4 members (excludes halogenated alkanes) is 9. The Labute approximate surface area is 246 Å². The van der Waals surface area contributed by atoms with Crippen molar-refractivity contribution in [3.8, 4) is 5.75 Å². The maximum absolute atomic E-state index is 12.2. The van der Waals surface area contributed by atoms with Crippen LogP contribution in [-0.4, -0.2) is 18.4 Å². The summed E-state index contributed by atoms with van der Waals surface area (Å²) in [6.07, 6.45) is 17.4. The average Bonchev–Trinajstić information content (AvgIpc) is 3.01. The second-order valence-corrected chi connectivity index (χ2v) is 10.4. The Morgan fingerprint density at radius 3 is 1.88 bits per heavy atom. The summed E-state index contributed by atoms with van der Waals surface area (Å²) in [6.45, 7) is 5.28. The van der Waals surface area contributed by atoms with Gasteiger partial charge in [-0.25, -0.2) is 0 Å². The minimum atomic E-state index is -0.192. The van der Waals surface area contributed by atoms with E-state index in [1.807, 2.05) is 36.4 Å². The summed E-state index contributed by atoms with van der Waals surface area (Å²) in [5.74, 6) is 0.300. The van der Waals surface area contributed by atoms with Gasteiger partial charge in [-0.1, -0.05) is 137 Å². The molecule has 216 valence electrons.